The van der Waals surface area contributed by atoms with E-state index in [0.717, 1.165) is 43.6 Å². The first-order chi connectivity index (χ1) is 10.7. The molecule has 0 saturated carbocycles. The Morgan fingerprint density at radius 1 is 1.05 bits per heavy atom. The van der Waals surface area contributed by atoms with Gasteiger partial charge in [0.25, 0.3) is 0 Å². The second kappa shape index (κ2) is 8.23. The number of aryl methyl sites for hydroxylation is 2. The number of phenols is 1. The molecule has 1 N–H and O–H groups in total. The van der Waals surface area contributed by atoms with Crippen LogP contribution in [0, 0.1) is 0 Å². The SMILES string of the molecule is CCCCOc1ccc(CCc2ccc(C=O)c(O)c2)cc1. The highest BCUT2D eigenvalue weighted by molar-refractivity contribution is 5.79. The van der Waals surface area contributed by atoms with Crippen molar-refractivity contribution in [3.8, 4) is 11.5 Å². The lowest BCUT2D eigenvalue weighted by molar-refractivity contribution is 0.112. The van der Waals surface area contributed by atoms with Gasteiger partial charge in [-0.3, -0.25) is 4.79 Å². The predicted octanol–water partition coefficient (Wildman–Crippen LogP) is 4.17. The topological polar surface area (TPSA) is 46.5 Å². The molecule has 116 valence electrons. The summed E-state index contributed by atoms with van der Waals surface area (Å²) < 4.78 is 5.64. The van der Waals surface area contributed by atoms with Crippen molar-refractivity contribution < 1.29 is 14.6 Å². The van der Waals surface area contributed by atoms with E-state index in [1.54, 1.807) is 12.1 Å². The fourth-order valence-corrected chi connectivity index (χ4v) is 2.22. The van der Waals surface area contributed by atoms with Gasteiger partial charge in [0.2, 0.25) is 0 Å². The molecule has 0 amide bonds. The number of ether oxygens (including phenoxy) is 1. The molecule has 0 heterocycles. The minimum absolute atomic E-state index is 0.0483. The van der Waals surface area contributed by atoms with Crippen LogP contribution in [0.25, 0.3) is 0 Å². The van der Waals surface area contributed by atoms with Crippen LogP contribution in [0.1, 0.15) is 41.3 Å². The first-order valence-corrected chi connectivity index (χ1v) is 7.71. The fraction of sp³-hybridized carbons (Fsp3) is 0.316. The smallest absolute Gasteiger partial charge is 0.153 e. The van der Waals surface area contributed by atoms with E-state index in [2.05, 4.69) is 19.1 Å². The van der Waals surface area contributed by atoms with E-state index in [1.807, 2.05) is 18.2 Å². The van der Waals surface area contributed by atoms with Crippen molar-refractivity contribution in [1.82, 2.24) is 0 Å². The summed E-state index contributed by atoms with van der Waals surface area (Å²) in [5.41, 5.74) is 2.57. The van der Waals surface area contributed by atoms with Gasteiger partial charge in [0.15, 0.2) is 6.29 Å². The summed E-state index contributed by atoms with van der Waals surface area (Å²) in [6.07, 6.45) is 4.57. The van der Waals surface area contributed by atoms with Crippen molar-refractivity contribution in [3.63, 3.8) is 0 Å². The highest BCUT2D eigenvalue weighted by atomic mass is 16.5. The minimum Gasteiger partial charge on any atom is -0.507 e. The van der Waals surface area contributed by atoms with Crippen LogP contribution in [0.3, 0.4) is 0 Å². The summed E-state index contributed by atoms with van der Waals surface area (Å²) in [4.78, 5) is 10.7. The quantitative estimate of drug-likeness (QED) is 0.587. The van der Waals surface area contributed by atoms with Crippen LogP contribution in [0.2, 0.25) is 0 Å². The highest BCUT2D eigenvalue weighted by Gasteiger charge is 2.02. The third-order valence-electron chi connectivity index (χ3n) is 3.61. The average molecular weight is 298 g/mol. The first kappa shape index (κ1) is 16.1. The number of aldehydes is 1. The Morgan fingerprint density at radius 2 is 1.73 bits per heavy atom. The highest BCUT2D eigenvalue weighted by Crippen LogP contribution is 2.19. The number of phenolic OH excluding ortho intramolecular Hbond substituents is 1. The molecule has 22 heavy (non-hydrogen) atoms. The van der Waals surface area contributed by atoms with E-state index in [4.69, 9.17) is 4.74 Å². The number of aromatic hydroxyl groups is 1. The Hall–Kier alpha value is -2.29. The van der Waals surface area contributed by atoms with Gasteiger partial charge >= 0.3 is 0 Å². The Kier molecular flexibility index (Phi) is 6.01. The lowest BCUT2D eigenvalue weighted by Gasteiger charge is -2.07. The molecule has 0 bridgehead atoms. The van der Waals surface area contributed by atoms with Crippen LogP contribution in [0.15, 0.2) is 42.5 Å². The monoisotopic (exact) mass is 298 g/mol. The van der Waals surface area contributed by atoms with Gasteiger partial charge in [-0.25, -0.2) is 0 Å². The van der Waals surface area contributed by atoms with Crippen LogP contribution in [-0.2, 0) is 12.8 Å². The molecule has 3 heteroatoms. The minimum atomic E-state index is 0.0483. The third kappa shape index (κ3) is 4.62. The van der Waals surface area contributed by atoms with Gasteiger partial charge in [0.1, 0.15) is 11.5 Å². The van der Waals surface area contributed by atoms with Crippen molar-refractivity contribution in [1.29, 1.82) is 0 Å². The van der Waals surface area contributed by atoms with Gasteiger partial charge in [-0.15, -0.1) is 0 Å². The predicted molar refractivity (Wildman–Crippen MR) is 87.7 cm³/mol. The van der Waals surface area contributed by atoms with E-state index in [0.29, 0.717) is 11.8 Å². The number of carbonyl (C=O) groups is 1. The zero-order valence-electron chi connectivity index (χ0n) is 12.9. The zero-order chi connectivity index (χ0) is 15.8. The molecule has 2 aromatic rings. The van der Waals surface area contributed by atoms with E-state index >= 15 is 0 Å². The molecule has 0 fully saturated rings. The molecule has 0 aliphatic rings. The van der Waals surface area contributed by atoms with E-state index in [9.17, 15) is 9.90 Å². The Morgan fingerprint density at radius 3 is 2.36 bits per heavy atom. The zero-order valence-corrected chi connectivity index (χ0v) is 12.9. The van der Waals surface area contributed by atoms with Crippen molar-refractivity contribution in [2.24, 2.45) is 0 Å². The number of unbranched alkanes of at least 4 members (excludes halogenated alkanes) is 1. The van der Waals surface area contributed by atoms with Crippen LogP contribution >= 0.6 is 0 Å². The lowest BCUT2D eigenvalue weighted by Crippen LogP contribution is -1.97. The summed E-state index contributed by atoms with van der Waals surface area (Å²) in [6.45, 7) is 2.91. The first-order valence-electron chi connectivity index (χ1n) is 7.71. The van der Waals surface area contributed by atoms with Crippen molar-refractivity contribution in [3.05, 3.63) is 59.2 Å². The summed E-state index contributed by atoms with van der Waals surface area (Å²) in [5.74, 6) is 0.956. The molecular formula is C19H22O3. The maximum Gasteiger partial charge on any atom is 0.153 e. The number of hydrogen-bond acceptors (Lipinski definition) is 3. The van der Waals surface area contributed by atoms with Gasteiger partial charge in [-0.1, -0.05) is 31.5 Å². The van der Waals surface area contributed by atoms with Crippen molar-refractivity contribution >= 4 is 6.29 Å². The van der Waals surface area contributed by atoms with Crippen molar-refractivity contribution in [2.75, 3.05) is 6.61 Å². The van der Waals surface area contributed by atoms with E-state index in [-0.39, 0.29) is 5.75 Å². The molecule has 0 unspecified atom stereocenters. The molecule has 0 atom stereocenters. The Bertz CT molecular complexity index is 603. The lowest BCUT2D eigenvalue weighted by atomic mass is 10.0. The van der Waals surface area contributed by atoms with Gasteiger partial charge in [0.05, 0.1) is 12.2 Å². The van der Waals surface area contributed by atoms with Gasteiger partial charge < -0.3 is 9.84 Å². The maximum atomic E-state index is 10.7. The second-order valence-corrected chi connectivity index (χ2v) is 5.36. The number of hydrogen-bond donors (Lipinski definition) is 1. The molecule has 0 aliphatic heterocycles. The molecule has 0 radical (unpaired) electrons. The summed E-state index contributed by atoms with van der Waals surface area (Å²) in [6, 6.07) is 13.3. The Balaban J connectivity index is 1.88. The van der Waals surface area contributed by atoms with E-state index < -0.39 is 0 Å². The summed E-state index contributed by atoms with van der Waals surface area (Å²) >= 11 is 0. The molecule has 0 aromatic heterocycles. The average Bonchev–Trinajstić information content (AvgIpc) is 2.54. The Labute approximate surface area is 131 Å². The fourth-order valence-electron chi connectivity index (χ4n) is 2.22. The number of benzene rings is 2. The third-order valence-corrected chi connectivity index (χ3v) is 3.61. The normalized spacial score (nSPS) is 10.4. The van der Waals surface area contributed by atoms with Gasteiger partial charge in [-0.05, 0) is 54.7 Å². The van der Waals surface area contributed by atoms with Crippen molar-refractivity contribution in [2.45, 2.75) is 32.6 Å². The van der Waals surface area contributed by atoms with Gasteiger partial charge in [-0.2, -0.15) is 0 Å². The maximum absolute atomic E-state index is 10.7. The standard InChI is InChI=1S/C19H22O3/c1-2-3-12-22-18-10-7-15(8-11-18)4-5-16-6-9-17(14-20)19(21)13-16/h6-11,13-14,21H,2-5,12H2,1H3. The van der Waals surface area contributed by atoms with Crippen LogP contribution in [-0.4, -0.2) is 18.0 Å². The molecule has 0 spiro atoms. The number of rotatable bonds is 8. The largest absolute Gasteiger partial charge is 0.507 e. The van der Waals surface area contributed by atoms with Gasteiger partial charge in [0, 0.05) is 0 Å². The second-order valence-electron chi connectivity index (χ2n) is 5.36. The molecule has 3 nitrogen and oxygen atoms in total. The molecule has 2 aromatic carbocycles. The number of carbonyl (C=O) groups excluding carboxylic acids is 1. The van der Waals surface area contributed by atoms with E-state index in [1.165, 1.54) is 5.56 Å². The van der Waals surface area contributed by atoms with Crippen LogP contribution in [0.5, 0.6) is 11.5 Å². The summed E-state index contributed by atoms with van der Waals surface area (Å²) in [5, 5.41) is 9.68. The van der Waals surface area contributed by atoms with Crippen LogP contribution < -0.4 is 4.74 Å². The van der Waals surface area contributed by atoms with Crippen LogP contribution in [0.4, 0.5) is 0 Å². The molecule has 2 rings (SSSR count). The molecule has 0 aliphatic carbocycles. The molecular weight excluding hydrogens is 276 g/mol. The summed E-state index contributed by atoms with van der Waals surface area (Å²) in [7, 11) is 0. The molecule has 0 saturated heterocycles.